The van der Waals surface area contributed by atoms with Gasteiger partial charge in [-0.3, -0.25) is 14.5 Å². The van der Waals surface area contributed by atoms with Crippen LogP contribution in [-0.4, -0.2) is 23.9 Å². The number of aryl methyl sites for hydroxylation is 2. The van der Waals surface area contributed by atoms with E-state index in [4.69, 9.17) is 20.8 Å². The van der Waals surface area contributed by atoms with Crippen LogP contribution in [0.15, 0.2) is 69.7 Å². The first-order valence-electron chi connectivity index (χ1n) is 10.5. The summed E-state index contributed by atoms with van der Waals surface area (Å²) in [6, 6.07) is 13.4. The number of anilines is 1. The van der Waals surface area contributed by atoms with Crippen molar-refractivity contribution in [2.75, 3.05) is 12.0 Å². The van der Waals surface area contributed by atoms with Gasteiger partial charge < -0.3 is 14.3 Å². The van der Waals surface area contributed by atoms with Crippen molar-refractivity contribution in [2.24, 2.45) is 0 Å². The summed E-state index contributed by atoms with van der Waals surface area (Å²) in [6.45, 7) is 3.87. The van der Waals surface area contributed by atoms with Crippen LogP contribution in [0.4, 0.5) is 5.69 Å². The van der Waals surface area contributed by atoms with Crippen LogP contribution in [0.3, 0.4) is 0 Å². The maximum Gasteiger partial charge on any atom is 0.294 e. The summed E-state index contributed by atoms with van der Waals surface area (Å²) in [5, 5.41) is 13.8. The van der Waals surface area contributed by atoms with Crippen molar-refractivity contribution in [1.82, 2.24) is 0 Å². The maximum atomic E-state index is 13.7. The van der Waals surface area contributed by atoms with Crippen molar-refractivity contribution < 1.29 is 23.8 Å². The predicted octanol–water partition coefficient (Wildman–Crippen LogP) is 6.56. The lowest BCUT2D eigenvalue weighted by Crippen LogP contribution is -2.30. The second kappa shape index (κ2) is 8.34. The Labute approximate surface area is 204 Å². The smallest absolute Gasteiger partial charge is 0.294 e. The molecule has 1 amide bonds. The number of amides is 1. The molecule has 0 aliphatic carbocycles. The third-order valence-corrected chi connectivity index (χ3v) is 6.88. The number of carbonyl (C=O) groups is 2. The van der Waals surface area contributed by atoms with Crippen molar-refractivity contribution in [2.45, 2.75) is 19.9 Å². The van der Waals surface area contributed by atoms with Crippen LogP contribution in [0, 0.1) is 13.8 Å². The number of carbonyl (C=O) groups excluding carboxylic acids is 2. The van der Waals surface area contributed by atoms with E-state index < -0.39 is 23.5 Å². The number of aliphatic hydroxyl groups excluding tert-OH is 1. The molecule has 2 aromatic carbocycles. The zero-order valence-electron chi connectivity index (χ0n) is 18.6. The SMILES string of the molecule is COc1cc(Cl)cc2cc(C(=O)C3=C(O)C(=O)N(c4cc(C)cc(C)c4)C3c3cccs3)oc12. The summed E-state index contributed by atoms with van der Waals surface area (Å²) in [7, 11) is 1.48. The van der Waals surface area contributed by atoms with E-state index in [1.54, 1.807) is 18.2 Å². The van der Waals surface area contributed by atoms with Crippen LogP contribution in [0.5, 0.6) is 5.75 Å². The number of hydrogen-bond acceptors (Lipinski definition) is 6. The molecule has 0 spiro atoms. The molecule has 1 N–H and O–H groups in total. The summed E-state index contributed by atoms with van der Waals surface area (Å²) in [5.41, 5.74) is 2.86. The molecule has 1 aliphatic heterocycles. The number of thiophene rings is 1. The molecule has 0 bridgehead atoms. The van der Waals surface area contributed by atoms with Crippen LogP contribution in [-0.2, 0) is 4.79 Å². The molecule has 0 saturated heterocycles. The van der Waals surface area contributed by atoms with E-state index in [0.717, 1.165) is 16.0 Å². The molecule has 8 heteroatoms. The third-order valence-electron chi connectivity index (χ3n) is 5.74. The van der Waals surface area contributed by atoms with E-state index in [2.05, 4.69) is 0 Å². The molecule has 3 heterocycles. The zero-order valence-corrected chi connectivity index (χ0v) is 20.2. The Kier molecular flexibility index (Phi) is 5.46. The predicted molar refractivity (Wildman–Crippen MR) is 132 cm³/mol. The molecule has 5 rings (SSSR count). The summed E-state index contributed by atoms with van der Waals surface area (Å²) in [6.07, 6.45) is 0. The maximum absolute atomic E-state index is 13.7. The number of benzene rings is 2. The summed E-state index contributed by atoms with van der Waals surface area (Å²) in [4.78, 5) is 29.2. The van der Waals surface area contributed by atoms with Gasteiger partial charge in [-0.2, -0.15) is 0 Å². The minimum atomic E-state index is -0.792. The highest BCUT2D eigenvalue weighted by Crippen LogP contribution is 2.44. The fraction of sp³-hybridized carbons (Fsp3) is 0.154. The van der Waals surface area contributed by atoms with E-state index in [9.17, 15) is 14.7 Å². The van der Waals surface area contributed by atoms with Crippen molar-refractivity contribution in [3.63, 3.8) is 0 Å². The van der Waals surface area contributed by atoms with Gasteiger partial charge in [-0.05, 0) is 60.7 Å². The number of fused-ring (bicyclic) bond motifs is 1. The Morgan fingerprint density at radius 2 is 1.88 bits per heavy atom. The summed E-state index contributed by atoms with van der Waals surface area (Å²) < 4.78 is 11.2. The lowest BCUT2D eigenvalue weighted by atomic mass is 9.99. The highest BCUT2D eigenvalue weighted by molar-refractivity contribution is 7.10. The number of rotatable bonds is 5. The lowest BCUT2D eigenvalue weighted by molar-refractivity contribution is -0.117. The van der Waals surface area contributed by atoms with Gasteiger partial charge in [0.1, 0.15) is 6.04 Å². The van der Waals surface area contributed by atoms with Gasteiger partial charge in [0.2, 0.25) is 5.78 Å². The third kappa shape index (κ3) is 3.57. The highest BCUT2D eigenvalue weighted by Gasteiger charge is 2.46. The van der Waals surface area contributed by atoms with Gasteiger partial charge in [-0.15, -0.1) is 11.3 Å². The molecule has 1 unspecified atom stereocenters. The number of halogens is 1. The van der Waals surface area contributed by atoms with E-state index >= 15 is 0 Å². The second-order valence-electron chi connectivity index (χ2n) is 8.17. The molecular formula is C26H20ClNO5S. The van der Waals surface area contributed by atoms with Crippen LogP contribution in [0.25, 0.3) is 11.0 Å². The molecule has 0 saturated carbocycles. The van der Waals surface area contributed by atoms with E-state index in [-0.39, 0.29) is 11.3 Å². The van der Waals surface area contributed by atoms with Crippen LogP contribution in [0.1, 0.15) is 32.6 Å². The molecule has 34 heavy (non-hydrogen) atoms. The number of Topliss-reactive ketones (excluding diaryl/α,β-unsaturated/α-hetero) is 1. The van der Waals surface area contributed by atoms with Gasteiger partial charge in [0.25, 0.3) is 5.91 Å². The molecule has 2 aromatic heterocycles. The number of ether oxygens (including phenoxy) is 1. The topological polar surface area (TPSA) is 80.0 Å². The molecule has 1 aliphatic rings. The zero-order chi connectivity index (χ0) is 24.1. The summed E-state index contributed by atoms with van der Waals surface area (Å²) >= 11 is 7.56. The van der Waals surface area contributed by atoms with Crippen molar-refractivity contribution in [1.29, 1.82) is 0 Å². The second-order valence-corrected chi connectivity index (χ2v) is 9.58. The monoisotopic (exact) mass is 493 g/mol. The van der Waals surface area contributed by atoms with Crippen LogP contribution < -0.4 is 9.64 Å². The average molecular weight is 494 g/mol. The molecule has 0 fully saturated rings. The van der Waals surface area contributed by atoms with E-state index in [1.807, 2.05) is 49.6 Å². The molecule has 6 nitrogen and oxygen atoms in total. The fourth-order valence-electron chi connectivity index (χ4n) is 4.39. The normalized spacial score (nSPS) is 16.1. The van der Waals surface area contributed by atoms with Gasteiger partial charge in [-0.1, -0.05) is 23.7 Å². The quantitative estimate of drug-likeness (QED) is 0.318. The average Bonchev–Trinajstić information content (AvgIpc) is 3.51. The van der Waals surface area contributed by atoms with E-state index in [1.165, 1.54) is 23.3 Å². The minimum Gasteiger partial charge on any atom is -0.503 e. The molecule has 0 radical (unpaired) electrons. The first-order valence-corrected chi connectivity index (χ1v) is 11.7. The van der Waals surface area contributed by atoms with Crippen LogP contribution in [0.2, 0.25) is 5.02 Å². The first-order chi connectivity index (χ1) is 16.3. The number of ketones is 1. The van der Waals surface area contributed by atoms with Gasteiger partial charge in [0, 0.05) is 27.0 Å². The highest BCUT2D eigenvalue weighted by atomic mass is 35.5. The lowest BCUT2D eigenvalue weighted by Gasteiger charge is -2.26. The van der Waals surface area contributed by atoms with Gasteiger partial charge in [0.05, 0.1) is 12.7 Å². The molecule has 4 aromatic rings. The number of hydrogen-bond donors (Lipinski definition) is 1. The molecule has 172 valence electrons. The Bertz CT molecular complexity index is 1460. The summed E-state index contributed by atoms with van der Waals surface area (Å²) in [5.74, 6) is -1.44. The molecular weight excluding hydrogens is 474 g/mol. The Morgan fingerprint density at radius 3 is 2.53 bits per heavy atom. The Balaban J connectivity index is 1.66. The van der Waals surface area contributed by atoms with Crippen molar-refractivity contribution in [3.05, 3.63) is 92.0 Å². The number of nitrogens with zero attached hydrogens (tertiary/aromatic N) is 1. The first kappa shape index (κ1) is 22.3. The van der Waals surface area contributed by atoms with Crippen molar-refractivity contribution in [3.8, 4) is 5.75 Å². The standard InChI is InChI=1S/C26H20ClNO5S/c1-13-7-14(2)9-17(8-13)28-22(20-5-4-6-34-20)21(24(30)26(28)31)23(29)18-11-15-10-16(27)12-19(32-3)25(15)33-18/h4-12,22,30H,1-3H3. The van der Waals surface area contributed by atoms with Crippen LogP contribution >= 0.6 is 22.9 Å². The number of furan rings is 1. The minimum absolute atomic E-state index is 0.0197. The number of aliphatic hydroxyl groups is 1. The van der Waals surface area contributed by atoms with Crippen molar-refractivity contribution >= 4 is 51.3 Å². The Morgan fingerprint density at radius 1 is 1.15 bits per heavy atom. The van der Waals surface area contributed by atoms with Gasteiger partial charge in [0.15, 0.2) is 22.9 Å². The fourth-order valence-corrected chi connectivity index (χ4v) is 5.43. The Hall–Kier alpha value is -3.55. The van der Waals surface area contributed by atoms with Gasteiger partial charge >= 0.3 is 0 Å². The molecule has 1 atom stereocenters. The van der Waals surface area contributed by atoms with Gasteiger partial charge in [-0.25, -0.2) is 0 Å². The number of methoxy groups -OCH3 is 1. The van der Waals surface area contributed by atoms with E-state index in [0.29, 0.717) is 27.4 Å². The largest absolute Gasteiger partial charge is 0.503 e.